The number of allylic oxidation sites excluding steroid dienone is 1. The van der Waals surface area contributed by atoms with Gasteiger partial charge in [-0.15, -0.1) is 0 Å². The summed E-state index contributed by atoms with van der Waals surface area (Å²) < 4.78 is 0. The van der Waals surface area contributed by atoms with Crippen molar-refractivity contribution in [3.05, 3.63) is 11.6 Å². The van der Waals surface area contributed by atoms with E-state index in [0.717, 1.165) is 18.8 Å². The van der Waals surface area contributed by atoms with E-state index in [-0.39, 0.29) is 6.61 Å². The summed E-state index contributed by atoms with van der Waals surface area (Å²) in [6, 6.07) is 0. The van der Waals surface area contributed by atoms with Gasteiger partial charge in [0, 0.05) is 6.61 Å². The zero-order valence-corrected chi connectivity index (χ0v) is 7.93. The molecule has 0 radical (unpaired) electrons. The molecule has 1 heteroatoms. The molecule has 0 saturated heterocycles. The molecule has 0 atom stereocenters. The van der Waals surface area contributed by atoms with E-state index in [2.05, 4.69) is 26.8 Å². The van der Waals surface area contributed by atoms with Crippen molar-refractivity contribution in [2.24, 2.45) is 5.92 Å². The van der Waals surface area contributed by atoms with Gasteiger partial charge in [-0.3, -0.25) is 0 Å². The lowest BCUT2D eigenvalue weighted by Crippen LogP contribution is -1.87. The monoisotopic (exact) mass is 156 g/mol. The lowest BCUT2D eigenvalue weighted by atomic mass is 10.1. The average molecular weight is 156 g/mol. The van der Waals surface area contributed by atoms with Crippen LogP contribution in [0.25, 0.3) is 0 Å². The molecule has 0 aliphatic carbocycles. The summed E-state index contributed by atoms with van der Waals surface area (Å²) >= 11 is 0. The van der Waals surface area contributed by atoms with Crippen LogP contribution >= 0.6 is 0 Å². The minimum Gasteiger partial charge on any atom is -0.396 e. The summed E-state index contributed by atoms with van der Waals surface area (Å²) in [5.41, 5.74) is 1.31. The molecule has 0 fully saturated rings. The van der Waals surface area contributed by atoms with Crippen molar-refractivity contribution in [1.29, 1.82) is 0 Å². The molecule has 0 rings (SSSR count). The van der Waals surface area contributed by atoms with Gasteiger partial charge < -0.3 is 5.11 Å². The zero-order chi connectivity index (χ0) is 8.69. The van der Waals surface area contributed by atoms with E-state index < -0.39 is 0 Å². The van der Waals surface area contributed by atoms with Crippen LogP contribution in [0.15, 0.2) is 11.6 Å². The highest BCUT2D eigenvalue weighted by molar-refractivity contribution is 4.97. The maximum atomic E-state index is 8.60. The van der Waals surface area contributed by atoms with Gasteiger partial charge in [0.25, 0.3) is 0 Å². The van der Waals surface area contributed by atoms with Crippen molar-refractivity contribution in [3.63, 3.8) is 0 Å². The van der Waals surface area contributed by atoms with Crippen LogP contribution in [0, 0.1) is 5.92 Å². The number of aliphatic hydroxyl groups excluding tert-OH is 1. The minimum atomic E-state index is 0.282. The Morgan fingerprint density at radius 1 is 1.45 bits per heavy atom. The maximum Gasteiger partial charge on any atom is 0.0468 e. The third-order valence-corrected chi connectivity index (χ3v) is 1.74. The summed E-state index contributed by atoms with van der Waals surface area (Å²) in [5, 5.41) is 8.60. The van der Waals surface area contributed by atoms with E-state index in [9.17, 15) is 0 Å². The van der Waals surface area contributed by atoms with Crippen molar-refractivity contribution in [3.8, 4) is 0 Å². The number of hydrogen-bond donors (Lipinski definition) is 1. The lowest BCUT2D eigenvalue weighted by molar-refractivity contribution is 0.299. The first kappa shape index (κ1) is 10.7. The Hall–Kier alpha value is -0.300. The van der Waals surface area contributed by atoms with Gasteiger partial charge in [0.05, 0.1) is 0 Å². The molecule has 0 spiro atoms. The van der Waals surface area contributed by atoms with E-state index in [1.165, 1.54) is 12.0 Å². The van der Waals surface area contributed by atoms with Gasteiger partial charge in [0.1, 0.15) is 0 Å². The van der Waals surface area contributed by atoms with E-state index in [1.807, 2.05) is 0 Å². The van der Waals surface area contributed by atoms with Crippen LogP contribution in [0.3, 0.4) is 0 Å². The van der Waals surface area contributed by atoms with Crippen molar-refractivity contribution < 1.29 is 5.11 Å². The molecule has 0 saturated carbocycles. The predicted octanol–water partition coefficient (Wildman–Crippen LogP) is 2.75. The van der Waals surface area contributed by atoms with E-state index in [4.69, 9.17) is 5.11 Å². The molecule has 1 N–H and O–H groups in total. The van der Waals surface area contributed by atoms with Crippen molar-refractivity contribution in [1.82, 2.24) is 0 Å². The highest BCUT2D eigenvalue weighted by Gasteiger charge is 1.91. The molecule has 0 heterocycles. The first-order chi connectivity index (χ1) is 5.16. The third kappa shape index (κ3) is 7.60. The lowest BCUT2D eigenvalue weighted by Gasteiger charge is -2.01. The Kier molecular flexibility index (Phi) is 6.24. The second-order valence-corrected chi connectivity index (χ2v) is 3.50. The summed E-state index contributed by atoms with van der Waals surface area (Å²) in [4.78, 5) is 0. The highest BCUT2D eigenvalue weighted by Crippen LogP contribution is 2.07. The van der Waals surface area contributed by atoms with Crippen LogP contribution in [0.4, 0.5) is 0 Å². The molecule has 1 nitrogen and oxygen atoms in total. The average Bonchev–Trinajstić information content (AvgIpc) is 1.87. The second kappa shape index (κ2) is 6.41. The Labute approximate surface area is 70.1 Å². The smallest absolute Gasteiger partial charge is 0.0468 e. The summed E-state index contributed by atoms with van der Waals surface area (Å²) in [6.45, 7) is 6.82. The Morgan fingerprint density at radius 2 is 2.09 bits per heavy atom. The first-order valence-electron chi connectivity index (χ1n) is 4.43. The summed E-state index contributed by atoms with van der Waals surface area (Å²) in [6.07, 6.45) is 5.47. The number of aliphatic hydroxyl groups is 1. The van der Waals surface area contributed by atoms with Crippen LogP contribution in [0.5, 0.6) is 0 Å². The van der Waals surface area contributed by atoms with Gasteiger partial charge in [-0.1, -0.05) is 25.5 Å². The molecule has 0 bridgehead atoms. The number of rotatable bonds is 5. The van der Waals surface area contributed by atoms with E-state index in [0.29, 0.717) is 0 Å². The summed E-state index contributed by atoms with van der Waals surface area (Å²) in [5.74, 6) is 0.785. The topological polar surface area (TPSA) is 20.2 Å². The molecular formula is C10H20O. The summed E-state index contributed by atoms with van der Waals surface area (Å²) in [7, 11) is 0. The van der Waals surface area contributed by atoms with Crippen LogP contribution < -0.4 is 0 Å². The highest BCUT2D eigenvalue weighted by atomic mass is 16.2. The Bertz CT molecular complexity index is 114. The van der Waals surface area contributed by atoms with E-state index >= 15 is 0 Å². The van der Waals surface area contributed by atoms with Crippen LogP contribution in [-0.2, 0) is 0 Å². The third-order valence-electron chi connectivity index (χ3n) is 1.74. The molecule has 0 amide bonds. The van der Waals surface area contributed by atoms with Gasteiger partial charge in [0.2, 0.25) is 0 Å². The fraction of sp³-hybridized carbons (Fsp3) is 0.800. The van der Waals surface area contributed by atoms with Gasteiger partial charge in [-0.2, -0.15) is 0 Å². The molecule has 0 aliphatic rings. The SMILES string of the molecule is CC(=CCCC(C)C)CCO. The Morgan fingerprint density at radius 3 is 2.55 bits per heavy atom. The van der Waals surface area contributed by atoms with Crippen LogP contribution in [0.1, 0.15) is 40.0 Å². The predicted molar refractivity (Wildman–Crippen MR) is 49.5 cm³/mol. The number of hydrogen-bond acceptors (Lipinski definition) is 1. The van der Waals surface area contributed by atoms with Gasteiger partial charge in [-0.25, -0.2) is 0 Å². The fourth-order valence-corrected chi connectivity index (χ4v) is 0.941. The van der Waals surface area contributed by atoms with Gasteiger partial charge >= 0.3 is 0 Å². The fourth-order valence-electron chi connectivity index (χ4n) is 0.941. The van der Waals surface area contributed by atoms with E-state index in [1.54, 1.807) is 0 Å². The molecule has 0 aromatic heterocycles. The van der Waals surface area contributed by atoms with Crippen LogP contribution in [0.2, 0.25) is 0 Å². The van der Waals surface area contributed by atoms with Crippen molar-refractivity contribution in [2.75, 3.05) is 6.61 Å². The van der Waals surface area contributed by atoms with Gasteiger partial charge in [-0.05, 0) is 32.1 Å². The second-order valence-electron chi connectivity index (χ2n) is 3.50. The molecule has 0 aliphatic heterocycles. The standard InChI is InChI=1S/C10H20O/c1-9(2)5-4-6-10(3)7-8-11/h6,9,11H,4-5,7-8H2,1-3H3. The minimum absolute atomic E-state index is 0.282. The van der Waals surface area contributed by atoms with Gasteiger partial charge in [0.15, 0.2) is 0 Å². The molecule has 0 unspecified atom stereocenters. The van der Waals surface area contributed by atoms with Crippen LogP contribution in [-0.4, -0.2) is 11.7 Å². The quantitative estimate of drug-likeness (QED) is 0.607. The largest absolute Gasteiger partial charge is 0.396 e. The normalized spacial score (nSPS) is 12.6. The first-order valence-corrected chi connectivity index (χ1v) is 4.43. The molecular weight excluding hydrogens is 136 g/mol. The maximum absolute atomic E-state index is 8.60. The molecule has 0 aromatic carbocycles. The zero-order valence-electron chi connectivity index (χ0n) is 7.93. The molecule has 11 heavy (non-hydrogen) atoms. The van der Waals surface area contributed by atoms with Crippen molar-refractivity contribution in [2.45, 2.75) is 40.0 Å². The molecule has 66 valence electrons. The Balaban J connectivity index is 3.39. The van der Waals surface area contributed by atoms with Crippen molar-refractivity contribution >= 4 is 0 Å². The molecule has 0 aromatic rings.